The van der Waals surface area contributed by atoms with Crippen LogP contribution in [-0.2, 0) is 19.1 Å². The molecular formula is C26H31N3O4S. The molecule has 2 aromatic rings. The molecule has 1 unspecified atom stereocenters. The number of benzene rings is 2. The van der Waals surface area contributed by atoms with Gasteiger partial charge in [0.25, 0.3) is 0 Å². The van der Waals surface area contributed by atoms with Gasteiger partial charge in [-0.25, -0.2) is 0 Å². The van der Waals surface area contributed by atoms with Gasteiger partial charge >= 0.3 is 5.97 Å². The Morgan fingerprint density at radius 2 is 1.71 bits per heavy atom. The number of hydrogen-bond donors (Lipinski definition) is 2. The van der Waals surface area contributed by atoms with E-state index in [1.54, 1.807) is 4.90 Å². The molecule has 1 atom stereocenters. The van der Waals surface area contributed by atoms with Gasteiger partial charge in [0, 0.05) is 13.1 Å². The first-order chi connectivity index (χ1) is 16.5. The molecule has 1 saturated heterocycles. The summed E-state index contributed by atoms with van der Waals surface area (Å²) < 4.78 is 5.28. The normalized spacial score (nSPS) is 15.5. The third-order valence-electron chi connectivity index (χ3n) is 5.72. The largest absolute Gasteiger partial charge is 0.466 e. The van der Waals surface area contributed by atoms with E-state index in [0.717, 1.165) is 30.4 Å². The molecule has 0 aliphatic carbocycles. The summed E-state index contributed by atoms with van der Waals surface area (Å²) in [6, 6.07) is 18.1. The number of hydrogen-bond acceptors (Lipinski definition) is 5. The van der Waals surface area contributed by atoms with Crippen molar-refractivity contribution >= 4 is 35.1 Å². The zero-order chi connectivity index (χ0) is 24.3. The highest BCUT2D eigenvalue weighted by atomic mass is 32.1. The van der Waals surface area contributed by atoms with Crippen LogP contribution in [0.4, 0.5) is 0 Å². The fourth-order valence-electron chi connectivity index (χ4n) is 3.95. The number of esters is 1. The predicted octanol–water partition coefficient (Wildman–Crippen LogP) is 3.14. The Morgan fingerprint density at radius 3 is 2.29 bits per heavy atom. The van der Waals surface area contributed by atoms with Crippen molar-refractivity contribution in [3.63, 3.8) is 0 Å². The van der Waals surface area contributed by atoms with Crippen LogP contribution >= 0.6 is 12.2 Å². The van der Waals surface area contributed by atoms with E-state index in [1.165, 1.54) is 0 Å². The van der Waals surface area contributed by atoms with Gasteiger partial charge in [0.1, 0.15) is 6.04 Å². The molecule has 1 heterocycles. The predicted molar refractivity (Wildman–Crippen MR) is 134 cm³/mol. The van der Waals surface area contributed by atoms with Crippen molar-refractivity contribution in [2.75, 3.05) is 19.7 Å². The first-order valence-electron chi connectivity index (χ1n) is 11.7. The smallest absolute Gasteiger partial charge is 0.308 e. The second-order valence-corrected chi connectivity index (χ2v) is 8.57. The summed E-state index contributed by atoms with van der Waals surface area (Å²) in [6.07, 6.45) is 2.66. The first-order valence-corrected chi connectivity index (χ1v) is 12.1. The van der Waals surface area contributed by atoms with Crippen LogP contribution in [0, 0.1) is 0 Å². The zero-order valence-electron chi connectivity index (χ0n) is 19.4. The number of piperazine rings is 1. The summed E-state index contributed by atoms with van der Waals surface area (Å²) >= 11 is 5.54. The maximum Gasteiger partial charge on any atom is 0.308 e. The quantitative estimate of drug-likeness (QED) is 0.325. The van der Waals surface area contributed by atoms with Crippen molar-refractivity contribution in [3.8, 4) is 0 Å². The van der Waals surface area contributed by atoms with Crippen LogP contribution in [0.3, 0.4) is 0 Å². The highest BCUT2D eigenvalue weighted by Crippen LogP contribution is 2.25. The average molecular weight is 482 g/mol. The van der Waals surface area contributed by atoms with Crippen molar-refractivity contribution in [1.82, 2.24) is 15.5 Å². The minimum absolute atomic E-state index is 0.125. The van der Waals surface area contributed by atoms with Crippen LogP contribution in [0.25, 0.3) is 0 Å². The number of thiocarbonyl (C=S) groups is 1. The van der Waals surface area contributed by atoms with Crippen LogP contribution < -0.4 is 10.6 Å². The van der Waals surface area contributed by atoms with Gasteiger partial charge < -0.3 is 20.3 Å². The second kappa shape index (κ2) is 12.8. The van der Waals surface area contributed by atoms with Gasteiger partial charge in [0.2, 0.25) is 11.8 Å². The molecule has 34 heavy (non-hydrogen) atoms. The van der Waals surface area contributed by atoms with E-state index in [2.05, 4.69) is 17.6 Å². The molecule has 180 valence electrons. The van der Waals surface area contributed by atoms with E-state index in [4.69, 9.17) is 17.0 Å². The summed E-state index contributed by atoms with van der Waals surface area (Å²) in [6.45, 7) is 3.16. The van der Waals surface area contributed by atoms with Crippen molar-refractivity contribution < 1.29 is 19.1 Å². The molecule has 0 aromatic heterocycles. The number of carbonyl (C=O) groups excluding carboxylic acids is 3. The Kier molecular flexibility index (Phi) is 9.58. The molecule has 2 aromatic carbocycles. The summed E-state index contributed by atoms with van der Waals surface area (Å²) in [4.78, 5) is 39.9. The maximum atomic E-state index is 13.4. The molecular weight excluding hydrogens is 450 g/mol. The number of unbranched alkanes of at least 4 members (excludes halogenated alkanes) is 2. The lowest BCUT2D eigenvalue weighted by molar-refractivity contribution is -0.147. The van der Waals surface area contributed by atoms with E-state index >= 15 is 0 Å². The minimum Gasteiger partial charge on any atom is -0.466 e. The van der Waals surface area contributed by atoms with E-state index < -0.39 is 17.9 Å². The van der Waals surface area contributed by atoms with Gasteiger partial charge in [-0.1, -0.05) is 80.4 Å². The van der Waals surface area contributed by atoms with Gasteiger partial charge in [-0.2, -0.15) is 0 Å². The van der Waals surface area contributed by atoms with E-state index in [-0.39, 0.29) is 23.3 Å². The SMILES string of the molecule is CCCCCOC(=O)CC1C(=O)NCCN1C(=S)NC(=O)C(c1ccccc1)c1ccccc1. The molecule has 2 amide bonds. The highest BCUT2D eigenvalue weighted by molar-refractivity contribution is 7.80. The van der Waals surface area contributed by atoms with Gasteiger partial charge in [-0.3, -0.25) is 14.4 Å². The molecule has 1 aliphatic rings. The molecule has 0 bridgehead atoms. The molecule has 3 rings (SSSR count). The zero-order valence-corrected chi connectivity index (χ0v) is 20.2. The highest BCUT2D eigenvalue weighted by Gasteiger charge is 2.35. The molecule has 8 heteroatoms. The standard InChI is InChI=1S/C26H31N3O4S/c1-2-3-10-17-33-22(30)18-21-24(31)27-15-16-29(21)26(34)28-25(32)23(19-11-6-4-7-12-19)20-13-8-5-9-14-20/h4-9,11-14,21,23H,2-3,10,15-18H2,1H3,(H,27,31)(H,28,32,34). The Balaban J connectivity index is 1.71. The van der Waals surface area contributed by atoms with E-state index in [9.17, 15) is 14.4 Å². The Morgan fingerprint density at radius 1 is 1.09 bits per heavy atom. The second-order valence-electron chi connectivity index (χ2n) is 8.18. The van der Waals surface area contributed by atoms with Crippen molar-refractivity contribution in [2.45, 2.75) is 44.6 Å². The summed E-state index contributed by atoms with van der Waals surface area (Å²) in [5.41, 5.74) is 1.66. The molecule has 0 saturated carbocycles. The molecule has 0 spiro atoms. The Labute approximate surface area is 205 Å². The third-order valence-corrected chi connectivity index (χ3v) is 6.06. The van der Waals surface area contributed by atoms with Gasteiger partial charge in [-0.05, 0) is 29.8 Å². The van der Waals surface area contributed by atoms with Crippen LogP contribution in [0.2, 0.25) is 0 Å². The third kappa shape index (κ3) is 6.87. The summed E-state index contributed by atoms with van der Waals surface area (Å²) in [5.74, 6) is -1.63. The van der Waals surface area contributed by atoms with Gasteiger partial charge in [-0.15, -0.1) is 0 Å². The van der Waals surface area contributed by atoms with Crippen molar-refractivity contribution in [1.29, 1.82) is 0 Å². The van der Waals surface area contributed by atoms with Gasteiger partial charge in [0.05, 0.1) is 18.9 Å². The number of nitrogens with zero attached hydrogens (tertiary/aromatic N) is 1. The monoisotopic (exact) mass is 481 g/mol. The lowest BCUT2D eigenvalue weighted by atomic mass is 9.90. The molecule has 7 nitrogen and oxygen atoms in total. The fraction of sp³-hybridized carbons (Fsp3) is 0.385. The lowest BCUT2D eigenvalue weighted by Crippen LogP contribution is -2.60. The number of nitrogens with one attached hydrogen (secondary N) is 2. The van der Waals surface area contributed by atoms with Crippen molar-refractivity contribution in [3.05, 3.63) is 71.8 Å². The van der Waals surface area contributed by atoms with Crippen LogP contribution in [0.1, 0.15) is 49.7 Å². The number of amides is 2. The number of rotatable bonds is 9. The lowest BCUT2D eigenvalue weighted by Gasteiger charge is -2.36. The molecule has 1 aliphatic heterocycles. The molecule has 2 N–H and O–H groups in total. The molecule has 0 radical (unpaired) electrons. The topological polar surface area (TPSA) is 87.7 Å². The van der Waals surface area contributed by atoms with Crippen molar-refractivity contribution in [2.24, 2.45) is 0 Å². The summed E-state index contributed by atoms with van der Waals surface area (Å²) in [5, 5.41) is 5.71. The number of ether oxygens (including phenoxy) is 1. The maximum absolute atomic E-state index is 13.4. The van der Waals surface area contributed by atoms with Gasteiger partial charge in [0.15, 0.2) is 5.11 Å². The Hall–Kier alpha value is -3.26. The molecule has 1 fully saturated rings. The van der Waals surface area contributed by atoms with E-state index in [1.807, 2.05) is 60.7 Å². The first kappa shape index (κ1) is 25.4. The van der Waals surface area contributed by atoms with Crippen LogP contribution in [0.15, 0.2) is 60.7 Å². The fourth-order valence-corrected chi connectivity index (χ4v) is 4.27. The van der Waals surface area contributed by atoms with Crippen LogP contribution in [-0.4, -0.2) is 53.5 Å². The van der Waals surface area contributed by atoms with E-state index in [0.29, 0.717) is 19.7 Å². The average Bonchev–Trinajstić information content (AvgIpc) is 2.84. The summed E-state index contributed by atoms with van der Waals surface area (Å²) in [7, 11) is 0. The Bertz CT molecular complexity index is 945. The minimum atomic E-state index is -0.827. The van der Waals surface area contributed by atoms with Crippen LogP contribution in [0.5, 0.6) is 0 Å². The number of carbonyl (C=O) groups is 3.